The molecule has 6 nitrogen and oxygen atoms in total. The summed E-state index contributed by atoms with van der Waals surface area (Å²) in [5, 5.41) is 14.1. The largest absolute Gasteiger partial charge is 0.352 e. The van der Waals surface area contributed by atoms with E-state index < -0.39 is 4.92 Å². The van der Waals surface area contributed by atoms with Gasteiger partial charge in [-0.2, -0.15) is 0 Å². The molecule has 0 aromatic heterocycles. The van der Waals surface area contributed by atoms with Crippen LogP contribution in [-0.4, -0.2) is 28.8 Å². The summed E-state index contributed by atoms with van der Waals surface area (Å²) >= 11 is 0. The number of carbonyl (C=O) groups is 1. The highest BCUT2D eigenvalue weighted by Gasteiger charge is 2.19. The molecular formula is C23H29N3O3. The highest BCUT2D eigenvalue weighted by Crippen LogP contribution is 2.24. The Morgan fingerprint density at radius 3 is 2.34 bits per heavy atom. The smallest absolute Gasteiger partial charge is 0.273 e. The normalized spacial score (nSPS) is 14.7. The van der Waals surface area contributed by atoms with Gasteiger partial charge in [-0.05, 0) is 31.0 Å². The van der Waals surface area contributed by atoms with Crippen molar-refractivity contribution in [2.75, 3.05) is 7.05 Å². The molecule has 1 fully saturated rings. The molecule has 1 aliphatic rings. The first-order chi connectivity index (χ1) is 14.0. The molecule has 1 aliphatic carbocycles. The summed E-state index contributed by atoms with van der Waals surface area (Å²) in [6.07, 6.45) is 6.46. The molecule has 2 aromatic carbocycles. The van der Waals surface area contributed by atoms with Crippen LogP contribution in [0, 0.1) is 10.1 Å². The fourth-order valence-corrected chi connectivity index (χ4v) is 4.07. The van der Waals surface area contributed by atoms with Crippen molar-refractivity contribution >= 4 is 11.6 Å². The molecule has 6 heteroatoms. The van der Waals surface area contributed by atoms with Gasteiger partial charge in [-0.3, -0.25) is 19.8 Å². The maximum atomic E-state index is 12.4. The van der Waals surface area contributed by atoms with Gasteiger partial charge in [0.1, 0.15) is 0 Å². The molecule has 0 aliphatic heterocycles. The number of benzene rings is 2. The van der Waals surface area contributed by atoms with E-state index in [4.69, 9.17) is 0 Å². The van der Waals surface area contributed by atoms with Gasteiger partial charge in [-0.15, -0.1) is 0 Å². The molecule has 154 valence electrons. The Balaban J connectivity index is 1.59. The minimum Gasteiger partial charge on any atom is -0.352 e. The van der Waals surface area contributed by atoms with Crippen molar-refractivity contribution in [2.24, 2.45) is 0 Å². The number of nitrogens with zero attached hydrogens (tertiary/aromatic N) is 2. The summed E-state index contributed by atoms with van der Waals surface area (Å²) in [7, 11) is 2.18. The molecule has 0 bridgehead atoms. The van der Waals surface area contributed by atoms with Crippen LogP contribution in [0.25, 0.3) is 0 Å². The van der Waals surface area contributed by atoms with Gasteiger partial charge in [0, 0.05) is 30.8 Å². The molecule has 0 atom stereocenters. The van der Waals surface area contributed by atoms with Gasteiger partial charge in [0.15, 0.2) is 0 Å². The average Bonchev–Trinajstić information content (AvgIpc) is 2.74. The molecule has 0 radical (unpaired) electrons. The van der Waals surface area contributed by atoms with Crippen molar-refractivity contribution < 1.29 is 9.72 Å². The number of nitro groups is 1. The van der Waals surface area contributed by atoms with Crippen LogP contribution in [0.5, 0.6) is 0 Å². The minimum atomic E-state index is -0.445. The Morgan fingerprint density at radius 2 is 1.66 bits per heavy atom. The zero-order valence-corrected chi connectivity index (χ0v) is 17.0. The molecule has 1 saturated carbocycles. The van der Waals surface area contributed by atoms with E-state index in [9.17, 15) is 14.9 Å². The number of nitrogens with one attached hydrogen (secondary N) is 1. The van der Waals surface area contributed by atoms with Crippen molar-refractivity contribution in [2.45, 2.75) is 57.7 Å². The van der Waals surface area contributed by atoms with E-state index in [1.165, 1.54) is 43.7 Å². The second kappa shape index (κ2) is 10.2. The van der Waals surface area contributed by atoms with Crippen LogP contribution in [0.4, 0.5) is 5.69 Å². The third-order valence-electron chi connectivity index (χ3n) is 5.75. The molecule has 29 heavy (non-hydrogen) atoms. The van der Waals surface area contributed by atoms with Gasteiger partial charge in [0.2, 0.25) is 5.91 Å². The van der Waals surface area contributed by atoms with Crippen LogP contribution in [0.1, 0.15) is 48.8 Å². The van der Waals surface area contributed by atoms with Crippen molar-refractivity contribution in [3.05, 3.63) is 75.3 Å². The number of para-hydroxylation sites is 1. The zero-order valence-electron chi connectivity index (χ0n) is 17.0. The summed E-state index contributed by atoms with van der Waals surface area (Å²) < 4.78 is 0. The van der Waals surface area contributed by atoms with Crippen molar-refractivity contribution in [1.29, 1.82) is 0 Å². The van der Waals surface area contributed by atoms with Gasteiger partial charge in [-0.25, -0.2) is 0 Å². The minimum absolute atomic E-state index is 0.00129. The van der Waals surface area contributed by atoms with Crippen molar-refractivity contribution in [3.8, 4) is 0 Å². The third-order valence-corrected chi connectivity index (χ3v) is 5.75. The van der Waals surface area contributed by atoms with E-state index in [-0.39, 0.29) is 18.0 Å². The molecular weight excluding hydrogens is 366 g/mol. The topological polar surface area (TPSA) is 75.5 Å². The number of hydrogen-bond acceptors (Lipinski definition) is 4. The Labute approximate surface area is 172 Å². The van der Waals surface area contributed by atoms with Gasteiger partial charge >= 0.3 is 0 Å². The maximum absolute atomic E-state index is 12.4. The number of nitro benzene ring substituents is 1. The Hall–Kier alpha value is -2.73. The Morgan fingerprint density at radius 1 is 1.03 bits per heavy atom. The molecule has 2 aromatic rings. The fraction of sp³-hybridized carbons (Fsp3) is 0.435. The lowest BCUT2D eigenvalue weighted by Crippen LogP contribution is -2.33. The van der Waals surface area contributed by atoms with Gasteiger partial charge < -0.3 is 5.32 Å². The van der Waals surface area contributed by atoms with Gasteiger partial charge in [0.05, 0.1) is 11.3 Å². The van der Waals surface area contributed by atoms with E-state index in [2.05, 4.69) is 23.3 Å². The molecule has 0 saturated heterocycles. The van der Waals surface area contributed by atoms with E-state index in [0.717, 1.165) is 12.1 Å². The fourth-order valence-electron chi connectivity index (χ4n) is 4.07. The van der Waals surface area contributed by atoms with Crippen LogP contribution in [0.15, 0.2) is 48.5 Å². The second-order valence-corrected chi connectivity index (χ2v) is 7.81. The number of carbonyl (C=O) groups excluding carboxylic acids is 1. The molecule has 3 rings (SSSR count). The molecule has 1 amide bonds. The van der Waals surface area contributed by atoms with Crippen LogP contribution >= 0.6 is 0 Å². The first-order valence-electron chi connectivity index (χ1n) is 10.3. The summed E-state index contributed by atoms with van der Waals surface area (Å²) in [5.74, 6) is -0.213. The van der Waals surface area contributed by atoms with Crippen molar-refractivity contribution in [3.63, 3.8) is 0 Å². The third kappa shape index (κ3) is 5.87. The van der Waals surface area contributed by atoms with E-state index in [1.807, 2.05) is 18.2 Å². The van der Waals surface area contributed by atoms with E-state index >= 15 is 0 Å². The standard InChI is InChI=1S/C23H29N3O3/c1-25(21-12-3-2-4-13-21)17-20-11-6-5-10-19(20)16-24-23(27)15-18-9-7-8-14-22(18)26(28)29/h5-11,14,21H,2-4,12-13,15-17H2,1H3,(H,24,27). The number of hydrogen-bond donors (Lipinski definition) is 1. The monoisotopic (exact) mass is 395 g/mol. The highest BCUT2D eigenvalue weighted by atomic mass is 16.6. The number of amides is 1. The predicted molar refractivity (Wildman–Crippen MR) is 113 cm³/mol. The summed E-state index contributed by atoms with van der Waals surface area (Å²) in [5.41, 5.74) is 2.72. The lowest BCUT2D eigenvalue weighted by Gasteiger charge is -2.31. The summed E-state index contributed by atoms with van der Waals surface area (Å²) in [6, 6.07) is 15.2. The first-order valence-corrected chi connectivity index (χ1v) is 10.3. The van der Waals surface area contributed by atoms with Crippen LogP contribution in [0.3, 0.4) is 0 Å². The molecule has 0 heterocycles. The van der Waals surface area contributed by atoms with E-state index in [1.54, 1.807) is 18.2 Å². The van der Waals surface area contributed by atoms with Crippen LogP contribution < -0.4 is 5.32 Å². The Bertz CT molecular complexity index is 847. The van der Waals surface area contributed by atoms with Crippen LogP contribution in [-0.2, 0) is 24.3 Å². The second-order valence-electron chi connectivity index (χ2n) is 7.81. The zero-order chi connectivity index (χ0) is 20.6. The van der Waals surface area contributed by atoms with Crippen LogP contribution in [0.2, 0.25) is 0 Å². The average molecular weight is 396 g/mol. The number of rotatable bonds is 8. The molecule has 0 unspecified atom stereocenters. The van der Waals surface area contributed by atoms with Gasteiger partial charge in [-0.1, -0.05) is 61.7 Å². The predicted octanol–water partition coefficient (Wildman–Crippen LogP) is 4.22. The SMILES string of the molecule is CN(Cc1ccccc1CNC(=O)Cc1ccccc1[N+](=O)[O-])C1CCCCC1. The summed E-state index contributed by atoms with van der Waals surface area (Å²) in [4.78, 5) is 25.5. The lowest BCUT2D eigenvalue weighted by atomic mass is 9.94. The molecule has 0 spiro atoms. The molecule has 1 N–H and O–H groups in total. The van der Waals surface area contributed by atoms with E-state index in [0.29, 0.717) is 18.2 Å². The maximum Gasteiger partial charge on any atom is 0.273 e. The summed E-state index contributed by atoms with van der Waals surface area (Å²) in [6.45, 7) is 1.29. The van der Waals surface area contributed by atoms with Gasteiger partial charge in [0.25, 0.3) is 5.69 Å². The lowest BCUT2D eigenvalue weighted by molar-refractivity contribution is -0.385. The highest BCUT2D eigenvalue weighted by molar-refractivity contribution is 5.79. The van der Waals surface area contributed by atoms with Crippen molar-refractivity contribution in [1.82, 2.24) is 10.2 Å². The quantitative estimate of drug-likeness (QED) is 0.536. The Kier molecular flexibility index (Phi) is 7.36. The first kappa shape index (κ1) is 21.0.